The van der Waals surface area contributed by atoms with E-state index >= 15 is 0 Å². The Balaban J connectivity index is 0.000000209. The van der Waals surface area contributed by atoms with Crippen LogP contribution in [-0.4, -0.2) is 127 Å². The van der Waals surface area contributed by atoms with E-state index in [-0.39, 0.29) is 65.2 Å². The van der Waals surface area contributed by atoms with E-state index in [1.165, 1.54) is 0 Å². The highest BCUT2D eigenvalue weighted by molar-refractivity contribution is 6.00. The summed E-state index contributed by atoms with van der Waals surface area (Å²) in [6, 6.07) is 61.7. The van der Waals surface area contributed by atoms with Gasteiger partial charge in [-0.1, -0.05) is 146 Å². The van der Waals surface area contributed by atoms with Gasteiger partial charge in [-0.15, -0.1) is 0 Å². The average molecular weight is 1180 g/mol. The van der Waals surface area contributed by atoms with Gasteiger partial charge in [0.05, 0.1) is 12.1 Å². The van der Waals surface area contributed by atoms with E-state index in [1.807, 2.05) is 125 Å². The lowest BCUT2D eigenvalue weighted by Crippen LogP contribution is -2.49. The molecule has 4 amide bonds. The number of carbonyl (C=O) groups excluding carboxylic acids is 4. The number of hydrogen-bond acceptors (Lipinski definition) is 10. The Morgan fingerprint density at radius 2 is 0.864 bits per heavy atom. The molecule has 0 radical (unpaired) electrons. The Morgan fingerprint density at radius 1 is 0.500 bits per heavy atom. The highest BCUT2D eigenvalue weighted by atomic mass is 16.3. The minimum absolute atomic E-state index is 0.0208. The normalized spacial score (nSPS) is 16.9. The molecule has 10 rings (SSSR count). The molecule has 15 N–H and O–H groups in total. The Hall–Kier alpha value is -9.78. The minimum Gasteiger partial charge on any atom is -0.508 e. The summed E-state index contributed by atoms with van der Waals surface area (Å²) in [5.74, 6) is -0.206. The first-order valence-corrected chi connectivity index (χ1v) is 30.3. The van der Waals surface area contributed by atoms with Crippen LogP contribution < -0.4 is 49.1 Å². The molecular formula is C70H81N13O5. The van der Waals surface area contributed by atoms with Gasteiger partial charge in [-0.05, 0) is 131 Å². The number of aromatic hydroxyl groups is 1. The largest absolute Gasteiger partial charge is 0.508 e. The third-order valence-electron chi connectivity index (χ3n) is 16.4. The highest BCUT2D eigenvalue weighted by Gasteiger charge is 2.34. The number of nitrogen functional groups attached to an aromatic ring is 1. The summed E-state index contributed by atoms with van der Waals surface area (Å²) in [7, 11) is 0. The molecule has 88 heavy (non-hydrogen) atoms. The smallest absolute Gasteiger partial charge is 0.251 e. The number of nitrogens with one attached hydrogen (secondary N) is 8. The van der Waals surface area contributed by atoms with Crippen molar-refractivity contribution in [3.63, 3.8) is 0 Å². The van der Waals surface area contributed by atoms with Crippen LogP contribution in [-0.2, 0) is 9.59 Å². The zero-order chi connectivity index (χ0) is 61.8. The molecular weight excluding hydrogens is 1100 g/mol. The lowest BCUT2D eigenvalue weighted by Gasteiger charge is -2.29. The number of nitrogens with two attached hydrogens (primary N) is 3. The molecule has 0 bridgehead atoms. The van der Waals surface area contributed by atoms with Gasteiger partial charge in [0, 0.05) is 93.1 Å². The van der Waals surface area contributed by atoms with Gasteiger partial charge >= 0.3 is 0 Å². The molecule has 2 heterocycles. The number of hydrogen-bond donors (Lipinski definition) is 12. The second kappa shape index (κ2) is 31.0. The van der Waals surface area contributed by atoms with Crippen molar-refractivity contribution < 1.29 is 24.3 Å². The van der Waals surface area contributed by atoms with Crippen LogP contribution >= 0.6 is 0 Å². The molecule has 18 nitrogen and oxygen atoms in total. The maximum absolute atomic E-state index is 14.0. The first-order chi connectivity index (χ1) is 42.7. The Kier molecular flexibility index (Phi) is 22.1. The van der Waals surface area contributed by atoms with Gasteiger partial charge in [-0.25, -0.2) is 0 Å². The molecule has 0 aliphatic carbocycles. The molecule has 2 aliphatic rings. The second-order valence-electron chi connectivity index (χ2n) is 22.7. The molecule has 0 aromatic heterocycles. The summed E-state index contributed by atoms with van der Waals surface area (Å²) in [5.41, 5.74) is 23.2. The first-order valence-electron chi connectivity index (χ1n) is 30.3. The summed E-state index contributed by atoms with van der Waals surface area (Å²) in [6.07, 6.45) is 3.85. The van der Waals surface area contributed by atoms with Gasteiger partial charge in [-0.2, -0.15) is 0 Å². The third-order valence-corrected chi connectivity index (χ3v) is 16.4. The SMILES string of the molecule is N=C(N)NCCC[C@@H]1N[C@H](CNC(=O)c2ccc3cc(N)ccc3c2)CCN(CC(c2ccccc2)c2ccccc2)C1=O.N=C(N)NCCC[C@@H]1N[C@H](CNC(=O)c2ccc3cc(O)ccc3c2)CCN(CC(c2ccccc2)c2ccccc2)C1=O. The third kappa shape index (κ3) is 17.7. The molecule has 2 saturated heterocycles. The number of phenolic OH excluding ortho intramolecular Hbond substituents is 1. The van der Waals surface area contributed by atoms with E-state index in [1.54, 1.807) is 30.3 Å². The van der Waals surface area contributed by atoms with Gasteiger partial charge < -0.3 is 64.0 Å². The lowest BCUT2D eigenvalue weighted by atomic mass is 9.90. The monoisotopic (exact) mass is 1180 g/mol. The fraction of sp³-hybridized carbons (Fsp3) is 0.286. The standard InChI is InChI=1S/C35H41N7O2.C35H40N6O3/c36-29-16-15-26-20-28(14-13-27(26)21-29)33(43)40-22-30-17-19-42(34(44)32(41-30)12-7-18-39-35(37)38)23-31(24-8-3-1-4-9-24)25-10-5-2-6-11-25;36-35(37)38-18-7-12-32-34(44)41(23-31(24-8-3-1-4-9-24)25-10-5-2-6-11-25)19-17-29(40-32)22-39-33(43)28-14-13-27-21-30(42)16-15-26(27)20-28/h1-6,8-11,13-16,20-21,30-32,41H,7,12,17-19,22-23,36H2,(H,40,43)(H4,37,38,39);1-6,8-11,13-16,20-21,29,31-32,40,42H,7,12,17-19,22-23H2,(H,39,43)(H4,36,37,38)/t30-,32-;29-,32-/m00/s1. The summed E-state index contributed by atoms with van der Waals surface area (Å²) in [4.78, 5) is 58.2. The van der Waals surface area contributed by atoms with Crippen molar-refractivity contribution in [2.75, 3.05) is 58.1 Å². The maximum atomic E-state index is 14.0. The Morgan fingerprint density at radius 3 is 1.26 bits per heavy atom. The summed E-state index contributed by atoms with van der Waals surface area (Å²) < 4.78 is 0. The van der Waals surface area contributed by atoms with Crippen molar-refractivity contribution >= 4 is 62.8 Å². The van der Waals surface area contributed by atoms with E-state index in [0.717, 1.165) is 43.8 Å². The van der Waals surface area contributed by atoms with Crippen molar-refractivity contribution in [2.45, 2.75) is 74.5 Å². The molecule has 8 aromatic rings. The van der Waals surface area contributed by atoms with E-state index in [9.17, 15) is 24.3 Å². The predicted molar refractivity (Wildman–Crippen MR) is 350 cm³/mol. The van der Waals surface area contributed by atoms with Crippen LogP contribution in [0.1, 0.15) is 93.3 Å². The number of rotatable bonds is 22. The van der Waals surface area contributed by atoms with E-state index in [2.05, 4.69) is 80.4 Å². The lowest BCUT2D eigenvalue weighted by molar-refractivity contribution is -0.133. The Bertz CT molecular complexity index is 3320. The highest BCUT2D eigenvalue weighted by Crippen LogP contribution is 2.30. The summed E-state index contributed by atoms with van der Waals surface area (Å²) in [5, 5.41) is 47.2. The second-order valence-corrected chi connectivity index (χ2v) is 22.7. The number of guanidine groups is 2. The molecule has 456 valence electrons. The zero-order valence-corrected chi connectivity index (χ0v) is 49.5. The average Bonchev–Trinajstić information content (AvgIpc) is 3.82. The fourth-order valence-corrected chi connectivity index (χ4v) is 11.7. The number of anilines is 1. The number of fused-ring (bicyclic) bond motifs is 2. The summed E-state index contributed by atoms with van der Waals surface area (Å²) >= 11 is 0. The van der Waals surface area contributed by atoms with E-state index in [4.69, 9.17) is 28.0 Å². The molecule has 4 atom stereocenters. The molecule has 0 saturated carbocycles. The fourth-order valence-electron chi connectivity index (χ4n) is 11.7. The molecule has 18 heteroatoms. The van der Waals surface area contributed by atoms with E-state index in [0.29, 0.717) is 108 Å². The topological polar surface area (TPSA) is 293 Å². The molecule has 8 aromatic carbocycles. The zero-order valence-electron chi connectivity index (χ0n) is 49.5. The van der Waals surface area contributed by atoms with Crippen LogP contribution in [0.25, 0.3) is 21.5 Å². The predicted octanol–water partition coefficient (Wildman–Crippen LogP) is 7.74. The van der Waals surface area contributed by atoms with Crippen LogP contribution in [0.4, 0.5) is 5.69 Å². The van der Waals surface area contributed by atoms with Crippen LogP contribution in [0.3, 0.4) is 0 Å². The van der Waals surface area contributed by atoms with Gasteiger partial charge in [0.25, 0.3) is 11.8 Å². The summed E-state index contributed by atoms with van der Waals surface area (Å²) in [6.45, 7) is 4.00. The van der Waals surface area contributed by atoms with Crippen molar-refractivity contribution in [3.8, 4) is 5.75 Å². The maximum Gasteiger partial charge on any atom is 0.251 e. The van der Waals surface area contributed by atoms with Crippen LogP contribution in [0.2, 0.25) is 0 Å². The van der Waals surface area contributed by atoms with Crippen LogP contribution in [0, 0.1) is 10.8 Å². The van der Waals surface area contributed by atoms with Gasteiger partial charge in [0.2, 0.25) is 11.8 Å². The molecule has 2 aliphatic heterocycles. The number of carbonyl (C=O) groups is 4. The van der Waals surface area contributed by atoms with Crippen LogP contribution in [0.5, 0.6) is 5.75 Å². The number of nitrogens with zero attached hydrogens (tertiary/aromatic N) is 2. The van der Waals surface area contributed by atoms with Gasteiger partial charge in [-0.3, -0.25) is 30.0 Å². The first kappa shape index (κ1) is 62.7. The number of amides is 4. The van der Waals surface area contributed by atoms with Crippen molar-refractivity contribution in [1.29, 1.82) is 10.8 Å². The Labute approximate surface area is 514 Å². The number of benzene rings is 8. The van der Waals surface area contributed by atoms with E-state index < -0.39 is 12.1 Å². The molecule has 2 fully saturated rings. The van der Waals surface area contributed by atoms with Crippen molar-refractivity contribution in [2.24, 2.45) is 11.5 Å². The van der Waals surface area contributed by atoms with Crippen LogP contribution in [0.15, 0.2) is 194 Å². The minimum atomic E-state index is -0.436. The van der Waals surface area contributed by atoms with Gasteiger partial charge in [0.1, 0.15) is 5.75 Å². The van der Waals surface area contributed by atoms with Gasteiger partial charge in [0.15, 0.2) is 11.9 Å². The van der Waals surface area contributed by atoms with Crippen molar-refractivity contribution in [1.82, 2.24) is 41.7 Å². The molecule has 0 spiro atoms. The number of phenols is 1. The quantitative estimate of drug-likeness (QED) is 0.0134. The van der Waals surface area contributed by atoms with Crippen molar-refractivity contribution in [3.05, 3.63) is 228 Å². The molecule has 0 unspecified atom stereocenters.